The molecular formula is C14H12N2O2. The lowest BCUT2D eigenvalue weighted by atomic mass is 10.1. The topological polar surface area (TPSA) is 70.0 Å². The average Bonchev–Trinajstić information content (AvgIpc) is 2.38. The molecule has 2 N–H and O–H groups in total. The van der Waals surface area contributed by atoms with Gasteiger partial charge in [0.25, 0.3) is 0 Å². The molecule has 1 aromatic heterocycles. The number of anilines is 1. The van der Waals surface area contributed by atoms with Crippen LogP contribution in [-0.4, -0.2) is 5.78 Å². The number of nitrogens with zero attached hydrogens (tertiary/aromatic N) is 1. The summed E-state index contributed by atoms with van der Waals surface area (Å²) in [6.07, 6.45) is 5.70. The van der Waals surface area contributed by atoms with Crippen molar-refractivity contribution in [3.63, 3.8) is 0 Å². The number of nitrogens with two attached hydrogens (primary N) is 1. The number of aromatic nitrogens is 1. The van der Waals surface area contributed by atoms with Gasteiger partial charge in [-0.15, -0.1) is 0 Å². The molecule has 0 aliphatic heterocycles. The van der Waals surface area contributed by atoms with Crippen LogP contribution in [0.15, 0.2) is 54.9 Å². The Balaban J connectivity index is 2.14. The highest BCUT2D eigenvalue weighted by Gasteiger charge is 2.04. The first-order valence-electron chi connectivity index (χ1n) is 5.42. The van der Waals surface area contributed by atoms with Crippen molar-refractivity contribution in [2.45, 2.75) is 0 Å². The molecule has 0 aliphatic rings. The highest BCUT2D eigenvalue weighted by molar-refractivity contribution is 6.06. The predicted octanol–water partition coefficient (Wildman–Crippen LogP) is 1.80. The highest BCUT2D eigenvalue weighted by atomic mass is 16.5. The summed E-state index contributed by atoms with van der Waals surface area (Å²) in [7, 11) is 0. The predicted molar refractivity (Wildman–Crippen MR) is 69.6 cm³/mol. The summed E-state index contributed by atoms with van der Waals surface area (Å²) in [5.74, 6) is -0.211. The zero-order valence-electron chi connectivity index (χ0n) is 9.61. The summed E-state index contributed by atoms with van der Waals surface area (Å²) < 4.78 is 0.601. The van der Waals surface area contributed by atoms with E-state index in [2.05, 4.69) is 0 Å². The van der Waals surface area contributed by atoms with Crippen LogP contribution in [0.25, 0.3) is 6.08 Å². The van der Waals surface area contributed by atoms with Crippen LogP contribution < -0.4 is 10.5 Å². The molecular weight excluding hydrogens is 228 g/mol. The van der Waals surface area contributed by atoms with Crippen molar-refractivity contribution >= 4 is 17.5 Å². The van der Waals surface area contributed by atoms with E-state index in [1.807, 2.05) is 12.1 Å². The second kappa shape index (κ2) is 5.14. The maximum atomic E-state index is 11.8. The Bertz CT molecular complexity index is 589. The van der Waals surface area contributed by atoms with E-state index >= 15 is 0 Å². The summed E-state index contributed by atoms with van der Waals surface area (Å²) >= 11 is 0. The molecule has 2 aromatic rings. The van der Waals surface area contributed by atoms with Crippen LogP contribution in [0.1, 0.15) is 15.9 Å². The summed E-state index contributed by atoms with van der Waals surface area (Å²) in [4.78, 5) is 11.8. The highest BCUT2D eigenvalue weighted by Crippen LogP contribution is 2.08. The van der Waals surface area contributed by atoms with Gasteiger partial charge in [-0.2, -0.15) is 4.73 Å². The van der Waals surface area contributed by atoms with Crippen molar-refractivity contribution in [2.24, 2.45) is 0 Å². The number of rotatable bonds is 3. The van der Waals surface area contributed by atoms with E-state index in [1.54, 1.807) is 24.3 Å². The zero-order valence-corrected chi connectivity index (χ0v) is 9.61. The van der Waals surface area contributed by atoms with Crippen molar-refractivity contribution in [3.8, 4) is 0 Å². The lowest BCUT2D eigenvalue weighted by Crippen LogP contribution is -2.25. The smallest absolute Gasteiger partial charge is 0.191 e. The van der Waals surface area contributed by atoms with Crippen LogP contribution in [-0.2, 0) is 0 Å². The number of hydrogen-bond acceptors (Lipinski definition) is 3. The maximum Gasteiger partial charge on any atom is 0.191 e. The van der Waals surface area contributed by atoms with E-state index in [-0.39, 0.29) is 5.78 Å². The summed E-state index contributed by atoms with van der Waals surface area (Å²) in [6.45, 7) is 0. The lowest BCUT2D eigenvalue weighted by molar-refractivity contribution is -0.605. The molecule has 1 aromatic carbocycles. The minimum atomic E-state index is -0.211. The number of carbonyl (C=O) groups is 1. The Hall–Kier alpha value is -2.62. The van der Waals surface area contributed by atoms with Gasteiger partial charge in [0, 0.05) is 11.8 Å². The molecule has 0 radical (unpaired) electrons. The van der Waals surface area contributed by atoms with Crippen molar-refractivity contribution < 1.29 is 9.52 Å². The molecule has 0 bridgehead atoms. The first-order valence-corrected chi connectivity index (χ1v) is 5.42. The summed E-state index contributed by atoms with van der Waals surface area (Å²) in [6, 6.07) is 10.3. The van der Waals surface area contributed by atoms with Gasteiger partial charge in [0.15, 0.2) is 18.2 Å². The minimum Gasteiger partial charge on any atom is -0.619 e. The van der Waals surface area contributed by atoms with E-state index in [9.17, 15) is 10.0 Å². The monoisotopic (exact) mass is 240 g/mol. The Labute approximate surface area is 105 Å². The molecule has 1 heterocycles. The molecule has 18 heavy (non-hydrogen) atoms. The van der Waals surface area contributed by atoms with Crippen LogP contribution in [0.4, 0.5) is 5.69 Å². The SMILES string of the molecule is Nc1ccc(C=CC(=O)c2ccc[n+]([O-])c2)cc1. The average molecular weight is 240 g/mol. The molecule has 0 amide bonds. The van der Waals surface area contributed by atoms with Gasteiger partial charge in [-0.25, -0.2) is 0 Å². The second-order valence-corrected chi connectivity index (χ2v) is 3.82. The Morgan fingerprint density at radius 2 is 1.94 bits per heavy atom. The van der Waals surface area contributed by atoms with Crippen LogP contribution in [0.5, 0.6) is 0 Å². The normalized spacial score (nSPS) is 10.7. The number of pyridine rings is 1. The Morgan fingerprint density at radius 1 is 1.22 bits per heavy atom. The van der Waals surface area contributed by atoms with Gasteiger partial charge in [-0.3, -0.25) is 4.79 Å². The fourth-order valence-electron chi connectivity index (χ4n) is 1.48. The zero-order chi connectivity index (χ0) is 13.0. The van der Waals surface area contributed by atoms with E-state index in [0.29, 0.717) is 16.0 Å². The van der Waals surface area contributed by atoms with E-state index in [4.69, 9.17) is 5.73 Å². The van der Waals surface area contributed by atoms with Gasteiger partial charge in [-0.05, 0) is 29.8 Å². The number of nitrogen functional groups attached to an aromatic ring is 1. The first-order chi connectivity index (χ1) is 8.65. The van der Waals surface area contributed by atoms with Crippen molar-refractivity contribution in [1.29, 1.82) is 0 Å². The van der Waals surface area contributed by atoms with Crippen LogP contribution >= 0.6 is 0 Å². The molecule has 0 atom stereocenters. The molecule has 4 heteroatoms. The molecule has 4 nitrogen and oxygen atoms in total. The van der Waals surface area contributed by atoms with Gasteiger partial charge in [0.05, 0.1) is 5.56 Å². The van der Waals surface area contributed by atoms with Crippen LogP contribution in [0, 0.1) is 5.21 Å². The Morgan fingerprint density at radius 3 is 2.61 bits per heavy atom. The molecule has 0 saturated carbocycles. The minimum absolute atomic E-state index is 0.211. The number of hydrogen-bond donors (Lipinski definition) is 1. The third kappa shape index (κ3) is 2.95. The van der Waals surface area contributed by atoms with Gasteiger partial charge >= 0.3 is 0 Å². The maximum absolute atomic E-state index is 11.8. The molecule has 0 unspecified atom stereocenters. The lowest BCUT2D eigenvalue weighted by Gasteiger charge is -1.97. The van der Waals surface area contributed by atoms with E-state index in [0.717, 1.165) is 5.56 Å². The largest absolute Gasteiger partial charge is 0.619 e. The molecule has 90 valence electrons. The molecule has 0 aliphatic carbocycles. The van der Waals surface area contributed by atoms with Crippen molar-refractivity contribution in [2.75, 3.05) is 5.73 Å². The number of ketones is 1. The van der Waals surface area contributed by atoms with Crippen LogP contribution in [0.3, 0.4) is 0 Å². The third-order valence-electron chi connectivity index (χ3n) is 2.42. The fourth-order valence-corrected chi connectivity index (χ4v) is 1.48. The second-order valence-electron chi connectivity index (χ2n) is 3.82. The first kappa shape index (κ1) is 11.9. The summed E-state index contributed by atoms with van der Waals surface area (Å²) in [5, 5.41) is 11.0. The molecule has 2 rings (SSSR count). The standard InChI is InChI=1S/C14H12N2O2/c15-13-6-3-11(4-7-13)5-8-14(17)12-2-1-9-16(18)10-12/h1-10H,15H2. The quantitative estimate of drug-likeness (QED) is 0.292. The van der Waals surface area contributed by atoms with Gasteiger partial charge in [0.2, 0.25) is 0 Å². The van der Waals surface area contributed by atoms with Gasteiger partial charge in [0.1, 0.15) is 0 Å². The van der Waals surface area contributed by atoms with Crippen molar-refractivity contribution in [3.05, 3.63) is 71.2 Å². The van der Waals surface area contributed by atoms with Gasteiger partial charge in [-0.1, -0.05) is 18.2 Å². The molecule has 0 spiro atoms. The summed E-state index contributed by atoms with van der Waals surface area (Å²) in [5.41, 5.74) is 7.48. The number of allylic oxidation sites excluding steroid dienone is 1. The van der Waals surface area contributed by atoms with Crippen molar-refractivity contribution in [1.82, 2.24) is 0 Å². The van der Waals surface area contributed by atoms with Crippen LogP contribution in [0.2, 0.25) is 0 Å². The van der Waals surface area contributed by atoms with Gasteiger partial charge < -0.3 is 10.9 Å². The molecule has 0 fully saturated rings. The number of carbonyl (C=O) groups excluding carboxylic acids is 1. The Kier molecular flexibility index (Phi) is 3.38. The van der Waals surface area contributed by atoms with E-state index < -0.39 is 0 Å². The fraction of sp³-hybridized carbons (Fsp3) is 0. The molecule has 0 saturated heterocycles. The van der Waals surface area contributed by atoms with E-state index in [1.165, 1.54) is 24.5 Å². The number of benzene rings is 1. The third-order valence-corrected chi connectivity index (χ3v) is 2.42.